The van der Waals surface area contributed by atoms with Gasteiger partial charge >= 0.3 is 0 Å². The Bertz CT molecular complexity index is 414. The zero-order valence-electron chi connectivity index (χ0n) is 11.6. The first kappa shape index (κ1) is 13.8. The van der Waals surface area contributed by atoms with Crippen molar-refractivity contribution in [1.82, 2.24) is 10.3 Å². The van der Waals surface area contributed by atoms with Crippen molar-refractivity contribution in [3.63, 3.8) is 0 Å². The Morgan fingerprint density at radius 1 is 1.42 bits per heavy atom. The van der Waals surface area contributed by atoms with Gasteiger partial charge in [-0.1, -0.05) is 25.7 Å². The molecule has 1 aromatic rings. The van der Waals surface area contributed by atoms with E-state index in [1.165, 1.54) is 32.1 Å². The molecule has 1 fully saturated rings. The fourth-order valence-corrected chi connectivity index (χ4v) is 2.78. The van der Waals surface area contributed by atoms with Gasteiger partial charge in [0.2, 0.25) is 0 Å². The maximum Gasteiger partial charge on any atom is 0.253 e. The lowest BCUT2D eigenvalue weighted by Crippen LogP contribution is -2.25. The summed E-state index contributed by atoms with van der Waals surface area (Å²) in [6.45, 7) is 0.765. The van der Waals surface area contributed by atoms with Crippen molar-refractivity contribution in [1.29, 1.82) is 0 Å². The summed E-state index contributed by atoms with van der Waals surface area (Å²) in [5.41, 5.74) is 1.44. The molecule has 1 saturated carbocycles. The molecule has 0 unspecified atom stereocenters. The molecule has 4 heteroatoms. The summed E-state index contributed by atoms with van der Waals surface area (Å²) >= 11 is 0. The van der Waals surface area contributed by atoms with Crippen LogP contribution in [0.2, 0.25) is 0 Å². The third-order valence-corrected chi connectivity index (χ3v) is 3.88. The maximum absolute atomic E-state index is 12.0. The molecule has 1 aromatic heterocycles. The van der Waals surface area contributed by atoms with Crippen LogP contribution in [-0.2, 0) is 0 Å². The Balaban J connectivity index is 1.74. The minimum absolute atomic E-state index is 0.0156. The molecule has 1 aliphatic carbocycles. The average Bonchev–Trinajstić information content (AvgIpc) is 2.96. The van der Waals surface area contributed by atoms with E-state index in [4.69, 9.17) is 0 Å². The van der Waals surface area contributed by atoms with Crippen molar-refractivity contribution >= 4 is 11.6 Å². The molecule has 0 radical (unpaired) electrons. The van der Waals surface area contributed by atoms with E-state index in [1.807, 2.05) is 0 Å². The van der Waals surface area contributed by atoms with Crippen molar-refractivity contribution in [2.75, 3.05) is 18.9 Å². The lowest BCUT2D eigenvalue weighted by atomic mass is 10.0. The minimum Gasteiger partial charge on any atom is -0.386 e. The topological polar surface area (TPSA) is 54.0 Å². The molecule has 1 heterocycles. The molecule has 0 saturated heterocycles. The maximum atomic E-state index is 12.0. The van der Waals surface area contributed by atoms with E-state index in [9.17, 15) is 4.79 Å². The number of anilines is 1. The normalized spacial score (nSPS) is 15.4. The first-order valence-electron chi connectivity index (χ1n) is 7.21. The van der Waals surface area contributed by atoms with Gasteiger partial charge < -0.3 is 10.6 Å². The van der Waals surface area contributed by atoms with E-state index in [2.05, 4.69) is 15.6 Å². The summed E-state index contributed by atoms with van der Waals surface area (Å²) in [7, 11) is 1.80. The molecule has 0 bridgehead atoms. The lowest BCUT2D eigenvalue weighted by Gasteiger charge is -2.11. The van der Waals surface area contributed by atoms with Crippen LogP contribution >= 0.6 is 0 Å². The van der Waals surface area contributed by atoms with Crippen molar-refractivity contribution in [3.8, 4) is 0 Å². The van der Waals surface area contributed by atoms with Crippen LogP contribution in [-0.4, -0.2) is 24.5 Å². The van der Waals surface area contributed by atoms with Gasteiger partial charge in [0.25, 0.3) is 5.91 Å². The number of nitrogens with zero attached hydrogens (tertiary/aromatic N) is 1. The van der Waals surface area contributed by atoms with Crippen molar-refractivity contribution in [2.24, 2.45) is 5.92 Å². The Labute approximate surface area is 115 Å². The molecule has 1 amide bonds. The first-order valence-corrected chi connectivity index (χ1v) is 7.21. The highest BCUT2D eigenvalue weighted by Crippen LogP contribution is 2.28. The fourth-order valence-electron chi connectivity index (χ4n) is 2.78. The van der Waals surface area contributed by atoms with Crippen LogP contribution in [0.3, 0.4) is 0 Å². The number of amides is 1. The molecule has 2 rings (SSSR count). The Morgan fingerprint density at radius 3 is 2.95 bits per heavy atom. The van der Waals surface area contributed by atoms with E-state index in [-0.39, 0.29) is 5.91 Å². The predicted molar refractivity (Wildman–Crippen MR) is 77.3 cm³/mol. The van der Waals surface area contributed by atoms with Gasteiger partial charge in [-0.15, -0.1) is 0 Å². The predicted octanol–water partition coefficient (Wildman–Crippen LogP) is 2.82. The molecule has 0 aliphatic heterocycles. The molecule has 2 N–H and O–H groups in total. The highest BCUT2D eigenvalue weighted by molar-refractivity contribution is 5.99. The Morgan fingerprint density at radius 2 is 2.21 bits per heavy atom. The zero-order chi connectivity index (χ0) is 13.5. The third kappa shape index (κ3) is 3.94. The molecule has 104 valence electrons. The second kappa shape index (κ2) is 7.12. The van der Waals surface area contributed by atoms with Crippen LogP contribution in [0.25, 0.3) is 0 Å². The van der Waals surface area contributed by atoms with Crippen LogP contribution in [0.1, 0.15) is 48.9 Å². The third-order valence-electron chi connectivity index (χ3n) is 3.88. The fraction of sp³-hybridized carbons (Fsp3) is 0.600. The smallest absolute Gasteiger partial charge is 0.253 e. The standard InChI is InChI=1S/C15H23N3O/c1-16-14-11-17-10-8-13(14)15(19)18-9-4-7-12-5-2-3-6-12/h8,10-12,16H,2-7,9H2,1H3,(H,18,19). The van der Waals surface area contributed by atoms with Gasteiger partial charge in [0.15, 0.2) is 0 Å². The summed E-state index contributed by atoms with van der Waals surface area (Å²) in [6.07, 6.45) is 11.2. The molecule has 0 aromatic carbocycles. The molecule has 4 nitrogen and oxygen atoms in total. The number of hydrogen-bond acceptors (Lipinski definition) is 3. The van der Waals surface area contributed by atoms with Crippen LogP contribution < -0.4 is 10.6 Å². The molecule has 0 spiro atoms. The van der Waals surface area contributed by atoms with E-state index < -0.39 is 0 Å². The number of hydrogen-bond donors (Lipinski definition) is 2. The summed E-state index contributed by atoms with van der Waals surface area (Å²) in [6, 6.07) is 1.75. The lowest BCUT2D eigenvalue weighted by molar-refractivity contribution is 0.0953. The second-order valence-corrected chi connectivity index (χ2v) is 5.22. The zero-order valence-corrected chi connectivity index (χ0v) is 11.6. The summed E-state index contributed by atoms with van der Waals surface area (Å²) in [5.74, 6) is 0.879. The monoisotopic (exact) mass is 261 g/mol. The highest BCUT2D eigenvalue weighted by Gasteiger charge is 2.14. The van der Waals surface area contributed by atoms with Gasteiger partial charge in [-0.25, -0.2) is 0 Å². The Hall–Kier alpha value is -1.58. The quantitative estimate of drug-likeness (QED) is 0.774. The number of carbonyl (C=O) groups excluding carboxylic acids is 1. The Kier molecular flexibility index (Phi) is 5.19. The van der Waals surface area contributed by atoms with Crippen LogP contribution in [0.4, 0.5) is 5.69 Å². The molecular formula is C15H23N3O. The van der Waals surface area contributed by atoms with Gasteiger partial charge in [-0.2, -0.15) is 0 Å². The summed E-state index contributed by atoms with van der Waals surface area (Å²) in [4.78, 5) is 16.0. The van der Waals surface area contributed by atoms with Gasteiger partial charge in [0.1, 0.15) is 0 Å². The van der Waals surface area contributed by atoms with Gasteiger partial charge in [0, 0.05) is 19.8 Å². The van der Waals surface area contributed by atoms with Gasteiger partial charge in [-0.3, -0.25) is 9.78 Å². The SMILES string of the molecule is CNc1cnccc1C(=O)NCCCC1CCCC1. The van der Waals surface area contributed by atoms with E-state index in [1.54, 1.807) is 25.5 Å². The van der Waals surface area contributed by atoms with Crippen LogP contribution in [0.15, 0.2) is 18.5 Å². The van der Waals surface area contributed by atoms with Crippen molar-refractivity contribution < 1.29 is 4.79 Å². The molecule has 1 aliphatic rings. The number of rotatable bonds is 6. The van der Waals surface area contributed by atoms with Crippen LogP contribution in [0.5, 0.6) is 0 Å². The minimum atomic E-state index is -0.0156. The largest absolute Gasteiger partial charge is 0.386 e. The van der Waals surface area contributed by atoms with Crippen molar-refractivity contribution in [2.45, 2.75) is 38.5 Å². The van der Waals surface area contributed by atoms with Crippen LogP contribution in [0, 0.1) is 5.92 Å². The number of nitrogens with one attached hydrogen (secondary N) is 2. The number of aromatic nitrogens is 1. The van der Waals surface area contributed by atoms with Gasteiger partial charge in [0.05, 0.1) is 17.4 Å². The highest BCUT2D eigenvalue weighted by atomic mass is 16.1. The van der Waals surface area contributed by atoms with Gasteiger partial charge in [-0.05, 0) is 24.8 Å². The molecule has 19 heavy (non-hydrogen) atoms. The second-order valence-electron chi connectivity index (χ2n) is 5.22. The summed E-state index contributed by atoms with van der Waals surface area (Å²) < 4.78 is 0. The van der Waals surface area contributed by atoms with E-state index in [0.717, 1.165) is 24.6 Å². The number of carbonyl (C=O) groups is 1. The summed E-state index contributed by atoms with van der Waals surface area (Å²) in [5, 5.41) is 5.98. The molecular weight excluding hydrogens is 238 g/mol. The van der Waals surface area contributed by atoms with Crippen molar-refractivity contribution in [3.05, 3.63) is 24.0 Å². The average molecular weight is 261 g/mol. The molecule has 0 atom stereocenters. The van der Waals surface area contributed by atoms with E-state index in [0.29, 0.717) is 5.56 Å². The number of pyridine rings is 1. The first-order chi connectivity index (χ1) is 9.31. The van der Waals surface area contributed by atoms with E-state index >= 15 is 0 Å².